The maximum atomic E-state index is 12.9. The van der Waals surface area contributed by atoms with Gasteiger partial charge in [-0.1, -0.05) is 45.4 Å². The summed E-state index contributed by atoms with van der Waals surface area (Å²) in [5.74, 6) is 2.01. The van der Waals surface area contributed by atoms with Gasteiger partial charge in [-0.15, -0.1) is 0 Å². The quantitative estimate of drug-likeness (QED) is 0.732. The summed E-state index contributed by atoms with van der Waals surface area (Å²) in [4.78, 5) is 27.4. The lowest BCUT2D eigenvalue weighted by Gasteiger charge is -2.37. The van der Waals surface area contributed by atoms with Crippen molar-refractivity contribution in [1.29, 1.82) is 0 Å². The second-order valence-corrected chi connectivity index (χ2v) is 9.30. The minimum atomic E-state index is 0.237. The first kappa shape index (κ1) is 20.7. The van der Waals surface area contributed by atoms with Crippen LogP contribution in [0.25, 0.3) is 0 Å². The summed E-state index contributed by atoms with van der Waals surface area (Å²) >= 11 is 0. The van der Waals surface area contributed by atoms with Crippen molar-refractivity contribution in [1.82, 2.24) is 10.2 Å². The van der Waals surface area contributed by atoms with Gasteiger partial charge in [0.1, 0.15) is 0 Å². The van der Waals surface area contributed by atoms with Gasteiger partial charge in [0, 0.05) is 31.0 Å². The van der Waals surface area contributed by atoms with Crippen LogP contribution in [0, 0.1) is 17.8 Å². The molecule has 0 aromatic heterocycles. The fourth-order valence-electron chi connectivity index (χ4n) is 5.38. The van der Waals surface area contributed by atoms with Crippen molar-refractivity contribution < 1.29 is 9.59 Å². The van der Waals surface area contributed by atoms with Crippen LogP contribution in [0.15, 0.2) is 0 Å². The number of piperidine rings is 1. The fraction of sp³-hybridized carbons (Fsp3) is 0.913. The predicted octanol–water partition coefficient (Wildman–Crippen LogP) is 4.67. The van der Waals surface area contributed by atoms with Gasteiger partial charge in [0.25, 0.3) is 0 Å². The molecule has 3 rings (SSSR count). The third-order valence-electron chi connectivity index (χ3n) is 7.29. The first-order valence-electron chi connectivity index (χ1n) is 11.8. The minimum absolute atomic E-state index is 0.237. The zero-order valence-electron chi connectivity index (χ0n) is 17.4. The van der Waals surface area contributed by atoms with Crippen molar-refractivity contribution >= 4 is 11.8 Å². The van der Waals surface area contributed by atoms with E-state index in [0.717, 1.165) is 57.5 Å². The number of nitrogens with zero attached hydrogens (tertiary/aromatic N) is 1. The molecule has 1 aliphatic heterocycles. The Hall–Kier alpha value is -1.06. The molecule has 1 N–H and O–H groups in total. The SMILES string of the molecule is CCCCC1CCC(C(=O)N2CCC(NC(=O)C3CCCCC3)CC2)CC1. The topological polar surface area (TPSA) is 49.4 Å². The lowest BCUT2D eigenvalue weighted by molar-refractivity contribution is -0.138. The first-order chi connectivity index (χ1) is 13.2. The second-order valence-electron chi connectivity index (χ2n) is 9.30. The standard InChI is InChI=1S/C23H40N2O2/c1-2-3-7-18-10-12-20(13-11-18)23(27)25-16-14-21(15-17-25)24-22(26)19-8-5-4-6-9-19/h18-21H,2-17H2,1H3,(H,24,26). The third-order valence-corrected chi connectivity index (χ3v) is 7.29. The fourth-order valence-corrected chi connectivity index (χ4v) is 5.38. The van der Waals surface area contributed by atoms with E-state index >= 15 is 0 Å². The van der Waals surface area contributed by atoms with Crippen LogP contribution in [0.4, 0.5) is 0 Å². The van der Waals surface area contributed by atoms with Crippen LogP contribution in [-0.2, 0) is 9.59 Å². The van der Waals surface area contributed by atoms with Crippen LogP contribution in [0.3, 0.4) is 0 Å². The van der Waals surface area contributed by atoms with Crippen LogP contribution < -0.4 is 5.32 Å². The summed E-state index contributed by atoms with van der Waals surface area (Å²) in [7, 11) is 0. The van der Waals surface area contributed by atoms with E-state index in [1.54, 1.807) is 0 Å². The van der Waals surface area contributed by atoms with Crippen LogP contribution >= 0.6 is 0 Å². The molecular formula is C23H40N2O2. The third kappa shape index (κ3) is 5.96. The molecule has 0 bridgehead atoms. The molecule has 2 amide bonds. The molecule has 0 aromatic rings. The predicted molar refractivity (Wildman–Crippen MR) is 109 cm³/mol. The van der Waals surface area contributed by atoms with Gasteiger partial charge in [0.15, 0.2) is 0 Å². The molecule has 1 heterocycles. The van der Waals surface area contributed by atoms with E-state index in [9.17, 15) is 9.59 Å². The van der Waals surface area contributed by atoms with E-state index in [4.69, 9.17) is 0 Å². The highest BCUT2D eigenvalue weighted by Gasteiger charge is 2.32. The molecule has 0 aromatic carbocycles. The van der Waals surface area contributed by atoms with Crippen molar-refractivity contribution in [2.75, 3.05) is 13.1 Å². The normalized spacial score (nSPS) is 28.1. The monoisotopic (exact) mass is 376 g/mol. The smallest absolute Gasteiger partial charge is 0.225 e. The highest BCUT2D eigenvalue weighted by Crippen LogP contribution is 2.33. The maximum absolute atomic E-state index is 12.9. The summed E-state index contributed by atoms with van der Waals surface area (Å²) in [5.41, 5.74) is 0. The summed E-state index contributed by atoms with van der Waals surface area (Å²) < 4.78 is 0. The van der Waals surface area contributed by atoms with Gasteiger partial charge in [-0.25, -0.2) is 0 Å². The van der Waals surface area contributed by atoms with E-state index in [2.05, 4.69) is 17.1 Å². The molecule has 27 heavy (non-hydrogen) atoms. The average molecular weight is 377 g/mol. The van der Waals surface area contributed by atoms with E-state index in [0.29, 0.717) is 5.91 Å². The lowest BCUT2D eigenvalue weighted by Crippen LogP contribution is -2.49. The van der Waals surface area contributed by atoms with Crippen molar-refractivity contribution in [3.8, 4) is 0 Å². The van der Waals surface area contributed by atoms with Crippen molar-refractivity contribution in [2.24, 2.45) is 17.8 Å². The number of carbonyl (C=O) groups excluding carboxylic acids is 2. The van der Waals surface area contributed by atoms with Crippen LogP contribution in [0.1, 0.15) is 96.8 Å². The molecule has 0 atom stereocenters. The zero-order valence-corrected chi connectivity index (χ0v) is 17.4. The molecule has 0 spiro atoms. The molecule has 2 saturated carbocycles. The van der Waals surface area contributed by atoms with E-state index < -0.39 is 0 Å². The molecule has 2 aliphatic carbocycles. The molecule has 4 heteroatoms. The number of carbonyl (C=O) groups is 2. The summed E-state index contributed by atoms with van der Waals surface area (Å²) in [5, 5.41) is 3.28. The van der Waals surface area contributed by atoms with Gasteiger partial charge >= 0.3 is 0 Å². The maximum Gasteiger partial charge on any atom is 0.225 e. The molecule has 154 valence electrons. The lowest BCUT2D eigenvalue weighted by atomic mass is 9.79. The number of unbranched alkanes of at least 4 members (excludes halogenated alkanes) is 1. The number of rotatable bonds is 6. The van der Waals surface area contributed by atoms with Gasteiger partial charge in [-0.05, 0) is 57.3 Å². The number of hydrogen-bond donors (Lipinski definition) is 1. The molecule has 0 unspecified atom stereocenters. The largest absolute Gasteiger partial charge is 0.353 e. The Balaban J connectivity index is 1.36. The molecule has 3 fully saturated rings. The van der Waals surface area contributed by atoms with Gasteiger partial charge in [0.05, 0.1) is 0 Å². The number of amides is 2. The highest BCUT2D eigenvalue weighted by molar-refractivity contribution is 5.80. The Labute approximate surface area is 165 Å². The Morgan fingerprint density at radius 2 is 1.52 bits per heavy atom. The van der Waals surface area contributed by atoms with Gasteiger partial charge in [-0.3, -0.25) is 9.59 Å². The average Bonchev–Trinajstić information content (AvgIpc) is 2.73. The van der Waals surface area contributed by atoms with Crippen LogP contribution in [-0.4, -0.2) is 35.8 Å². The minimum Gasteiger partial charge on any atom is -0.353 e. The Kier molecular flexibility index (Phi) is 8.02. The van der Waals surface area contributed by atoms with E-state index in [-0.39, 0.29) is 23.8 Å². The van der Waals surface area contributed by atoms with Gasteiger partial charge in [0.2, 0.25) is 11.8 Å². The number of hydrogen-bond acceptors (Lipinski definition) is 2. The Bertz CT molecular complexity index is 471. The molecule has 3 aliphatic rings. The van der Waals surface area contributed by atoms with Crippen molar-refractivity contribution in [3.63, 3.8) is 0 Å². The van der Waals surface area contributed by atoms with Crippen LogP contribution in [0.5, 0.6) is 0 Å². The summed E-state index contributed by atoms with van der Waals surface area (Å²) in [6, 6.07) is 0.272. The number of likely N-dealkylation sites (tertiary alicyclic amines) is 1. The molecule has 1 saturated heterocycles. The van der Waals surface area contributed by atoms with Crippen LogP contribution in [0.2, 0.25) is 0 Å². The van der Waals surface area contributed by atoms with E-state index in [1.807, 2.05) is 0 Å². The molecule has 0 radical (unpaired) electrons. The number of nitrogens with one attached hydrogen (secondary N) is 1. The zero-order chi connectivity index (χ0) is 19.1. The Morgan fingerprint density at radius 3 is 2.15 bits per heavy atom. The summed E-state index contributed by atoms with van der Waals surface area (Å²) in [6.45, 7) is 3.91. The molecule has 4 nitrogen and oxygen atoms in total. The van der Waals surface area contributed by atoms with Crippen molar-refractivity contribution in [2.45, 2.75) is 103 Å². The van der Waals surface area contributed by atoms with Gasteiger partial charge < -0.3 is 10.2 Å². The first-order valence-corrected chi connectivity index (χ1v) is 11.8. The van der Waals surface area contributed by atoms with Gasteiger partial charge in [-0.2, -0.15) is 0 Å². The Morgan fingerprint density at radius 1 is 0.852 bits per heavy atom. The van der Waals surface area contributed by atoms with Crippen molar-refractivity contribution in [3.05, 3.63) is 0 Å². The molecular weight excluding hydrogens is 336 g/mol. The highest BCUT2D eigenvalue weighted by atomic mass is 16.2. The second kappa shape index (κ2) is 10.5. The van der Waals surface area contributed by atoms with E-state index in [1.165, 1.54) is 51.4 Å². The summed E-state index contributed by atoms with van der Waals surface area (Å²) in [6.07, 6.45) is 16.3.